The Kier molecular flexibility index (Phi) is 12.5. The monoisotopic (exact) mass is 840 g/mol. The molecule has 0 amide bonds. The Morgan fingerprint density at radius 2 is 1.31 bits per heavy atom. The predicted octanol–water partition coefficient (Wildman–Crippen LogP) is 5.32. The summed E-state index contributed by atoms with van der Waals surface area (Å²) in [7, 11) is 0. The Hall–Kier alpha value is -7.42. The molecule has 9 rings (SSSR count). The summed E-state index contributed by atoms with van der Waals surface area (Å²) in [6, 6.07) is 13.7. The number of ether oxygens (including phenoxy) is 2. The van der Waals surface area contributed by atoms with Crippen LogP contribution in [-0.2, 0) is 45.0 Å². The molecule has 3 N–H and O–H groups in total. The number of aryl methyl sites for hydroxylation is 2. The zero-order chi connectivity index (χ0) is 43.2. The third-order valence-electron chi connectivity index (χ3n) is 9.43. The Labute approximate surface area is 343 Å². The molecule has 0 bridgehead atoms. The highest BCUT2D eigenvalue weighted by Crippen LogP contribution is 2.37. The van der Waals surface area contributed by atoms with Crippen molar-refractivity contribution in [1.29, 1.82) is 0 Å². The Balaban J connectivity index is 0.000000162. The van der Waals surface area contributed by atoms with Gasteiger partial charge >= 0.3 is 11.9 Å². The van der Waals surface area contributed by atoms with Crippen LogP contribution >= 0.6 is 0 Å². The average Bonchev–Trinajstić information content (AvgIpc) is 4.09. The van der Waals surface area contributed by atoms with Crippen molar-refractivity contribution in [2.24, 2.45) is 5.84 Å². The molecule has 0 spiro atoms. The van der Waals surface area contributed by atoms with Crippen molar-refractivity contribution >= 4 is 29.7 Å². The van der Waals surface area contributed by atoms with E-state index in [-0.39, 0.29) is 36.5 Å². The Bertz CT molecular complexity index is 2750. The maximum Gasteiger partial charge on any atom is 0.378 e. The van der Waals surface area contributed by atoms with Gasteiger partial charge in [0.1, 0.15) is 57.7 Å². The predicted molar refractivity (Wildman–Crippen MR) is 209 cm³/mol. The Morgan fingerprint density at radius 3 is 1.80 bits per heavy atom. The van der Waals surface area contributed by atoms with Crippen LogP contribution in [0, 0.1) is 23.3 Å². The van der Waals surface area contributed by atoms with Gasteiger partial charge in [-0.25, -0.2) is 43.0 Å². The third kappa shape index (κ3) is 8.67. The SMILES string of the molecule is CCOC(=O)C=O.CCOC(=O)c1nnc2ccc(-c3c(-c4ccc(F)cc4F)nc4n3CCC4)nn12.NNc1ccc(-c2c(-c3ccc(F)cc3F)nc3n2CCC3)nn1. The molecule has 5 aromatic heterocycles. The number of esters is 2. The molecule has 17 nitrogen and oxygen atoms in total. The summed E-state index contributed by atoms with van der Waals surface area (Å²) in [5.74, 6) is 3.27. The minimum absolute atomic E-state index is 0.0515. The van der Waals surface area contributed by atoms with E-state index in [1.807, 2.05) is 9.13 Å². The lowest BCUT2D eigenvalue weighted by molar-refractivity contribution is -0.148. The second-order valence-corrected chi connectivity index (χ2v) is 13.3. The summed E-state index contributed by atoms with van der Waals surface area (Å²) in [4.78, 5) is 40.6. The number of aldehydes is 1. The minimum atomic E-state index is -0.803. The van der Waals surface area contributed by atoms with Crippen molar-refractivity contribution in [3.8, 4) is 45.3 Å². The van der Waals surface area contributed by atoms with Gasteiger partial charge in [0.15, 0.2) is 11.5 Å². The van der Waals surface area contributed by atoms with Gasteiger partial charge in [-0.15, -0.1) is 20.4 Å². The second kappa shape index (κ2) is 18.2. The summed E-state index contributed by atoms with van der Waals surface area (Å²) < 4.78 is 70.0. The lowest BCUT2D eigenvalue weighted by atomic mass is 10.1. The number of hydrogen-bond donors (Lipinski definition) is 2. The number of hydrogen-bond acceptors (Lipinski definition) is 14. The summed E-state index contributed by atoms with van der Waals surface area (Å²) in [5.41, 5.74) is 6.35. The molecule has 0 unspecified atom stereocenters. The molecular formula is C40H36F4N12O5. The van der Waals surface area contributed by atoms with E-state index in [2.05, 4.69) is 45.6 Å². The average molecular weight is 841 g/mol. The van der Waals surface area contributed by atoms with Gasteiger partial charge in [-0.1, -0.05) is 0 Å². The zero-order valence-electron chi connectivity index (χ0n) is 32.6. The summed E-state index contributed by atoms with van der Waals surface area (Å²) >= 11 is 0. The molecule has 2 aromatic carbocycles. The minimum Gasteiger partial charge on any atom is -0.460 e. The second-order valence-electron chi connectivity index (χ2n) is 13.3. The van der Waals surface area contributed by atoms with E-state index in [4.69, 9.17) is 10.6 Å². The van der Waals surface area contributed by atoms with E-state index < -0.39 is 35.2 Å². The molecule has 0 aliphatic carbocycles. The van der Waals surface area contributed by atoms with Crippen molar-refractivity contribution < 1.29 is 41.4 Å². The lowest BCUT2D eigenvalue weighted by Gasteiger charge is -2.09. The maximum absolute atomic E-state index is 14.6. The standard InChI is InChI=1S/C20H16F2N6O2.C16H14F2N6.C4H6O3/c1-2-30-20(29)19-25-24-16-8-7-14(26-28(16)19)18-17(23-15-4-3-9-27(15)18)12-6-5-11(21)10-13(12)22;17-9-3-4-10(11(18)8-9)15-16(24-7-1-2-14(24)20-15)12-5-6-13(21-19)23-22-12;1-2-7-4(6)3-5/h5-8,10H,2-4,9H2,1H3;3-6,8H,1-2,7,19H2,(H,21,23);3H,2H2,1H3. The van der Waals surface area contributed by atoms with Crippen molar-refractivity contribution in [1.82, 2.24) is 49.1 Å². The van der Waals surface area contributed by atoms with Gasteiger partial charge in [0.05, 0.1) is 24.6 Å². The van der Waals surface area contributed by atoms with Crippen LogP contribution in [0.2, 0.25) is 0 Å². The van der Waals surface area contributed by atoms with Crippen LogP contribution < -0.4 is 11.3 Å². The number of fused-ring (bicyclic) bond motifs is 3. The van der Waals surface area contributed by atoms with Crippen molar-refractivity contribution in [3.63, 3.8) is 0 Å². The molecule has 0 atom stereocenters. The molecular weight excluding hydrogens is 805 g/mol. The number of imidazole rings is 2. The first-order valence-electron chi connectivity index (χ1n) is 19.0. The number of anilines is 1. The third-order valence-corrected chi connectivity index (χ3v) is 9.43. The van der Waals surface area contributed by atoms with E-state index in [1.54, 1.807) is 38.1 Å². The van der Waals surface area contributed by atoms with Gasteiger partial charge in [-0.05, 0) is 75.2 Å². The van der Waals surface area contributed by atoms with Crippen LogP contribution in [0.25, 0.3) is 50.9 Å². The molecule has 0 radical (unpaired) electrons. The van der Waals surface area contributed by atoms with E-state index in [0.717, 1.165) is 56.0 Å². The van der Waals surface area contributed by atoms with E-state index >= 15 is 0 Å². The van der Waals surface area contributed by atoms with E-state index in [1.165, 1.54) is 28.8 Å². The topological polar surface area (TPSA) is 212 Å². The highest BCUT2D eigenvalue weighted by atomic mass is 19.1. The number of carbonyl (C=O) groups excluding carboxylic acids is 3. The number of aromatic nitrogens is 10. The molecule has 7 aromatic rings. The Morgan fingerprint density at radius 1 is 0.738 bits per heavy atom. The maximum atomic E-state index is 14.6. The first-order valence-corrected chi connectivity index (χ1v) is 19.0. The van der Waals surface area contributed by atoms with Gasteiger partial charge in [-0.2, -0.15) is 9.61 Å². The molecule has 21 heteroatoms. The molecule has 0 saturated heterocycles. The normalized spacial score (nSPS) is 12.4. The highest BCUT2D eigenvalue weighted by molar-refractivity contribution is 6.20. The lowest BCUT2D eigenvalue weighted by Crippen LogP contribution is -2.12. The van der Waals surface area contributed by atoms with Crippen molar-refractivity contribution in [2.75, 3.05) is 18.6 Å². The number of nitrogens with one attached hydrogen (secondary N) is 1. The first kappa shape index (κ1) is 41.7. The molecule has 2 aliphatic rings. The number of rotatable bonds is 9. The summed E-state index contributed by atoms with van der Waals surface area (Å²) in [6.45, 7) is 5.27. The molecule has 0 fully saturated rings. The smallest absolute Gasteiger partial charge is 0.378 e. The van der Waals surface area contributed by atoms with E-state index in [0.29, 0.717) is 52.2 Å². The van der Waals surface area contributed by atoms with E-state index in [9.17, 15) is 31.9 Å². The number of benzene rings is 2. The van der Waals surface area contributed by atoms with Gasteiger partial charge in [0.25, 0.3) is 5.82 Å². The number of nitrogens with zero attached hydrogens (tertiary/aromatic N) is 10. The fourth-order valence-corrected chi connectivity index (χ4v) is 6.86. The molecule has 314 valence electrons. The highest BCUT2D eigenvalue weighted by Gasteiger charge is 2.28. The van der Waals surface area contributed by atoms with Gasteiger partial charge < -0.3 is 24.0 Å². The molecule has 0 saturated carbocycles. The number of hydrazine groups is 1. The summed E-state index contributed by atoms with van der Waals surface area (Å²) in [5, 5.41) is 20.5. The molecule has 7 heterocycles. The molecule has 2 aliphatic heterocycles. The van der Waals surface area contributed by atoms with Crippen LogP contribution in [0.3, 0.4) is 0 Å². The quantitative estimate of drug-likeness (QED) is 0.0471. The van der Waals surface area contributed by atoms with Crippen molar-refractivity contribution in [3.05, 3.63) is 101 Å². The number of carbonyl (C=O) groups is 3. The molecule has 61 heavy (non-hydrogen) atoms. The van der Waals surface area contributed by atoms with Gasteiger partial charge in [0.2, 0.25) is 6.29 Å². The fraction of sp³-hybridized carbons (Fsp3) is 0.250. The largest absolute Gasteiger partial charge is 0.460 e. The van der Waals surface area contributed by atoms with Crippen LogP contribution in [0.15, 0.2) is 60.7 Å². The van der Waals surface area contributed by atoms with Crippen LogP contribution in [0.1, 0.15) is 49.0 Å². The van der Waals surface area contributed by atoms with Crippen LogP contribution in [0.4, 0.5) is 23.4 Å². The van der Waals surface area contributed by atoms with Crippen molar-refractivity contribution in [2.45, 2.75) is 52.6 Å². The van der Waals surface area contributed by atoms with Crippen LogP contribution in [-0.4, -0.2) is 80.5 Å². The number of halogens is 4. The van der Waals surface area contributed by atoms with Gasteiger partial charge in [0, 0.05) is 49.2 Å². The number of nitrogens with two attached hydrogens (primary N) is 1. The van der Waals surface area contributed by atoms with Crippen LogP contribution in [0.5, 0.6) is 0 Å². The summed E-state index contributed by atoms with van der Waals surface area (Å²) in [6.07, 6.45) is 3.58. The van der Waals surface area contributed by atoms with Gasteiger partial charge in [-0.3, -0.25) is 4.79 Å². The first-order chi connectivity index (χ1) is 29.5. The fourth-order valence-electron chi connectivity index (χ4n) is 6.86. The number of nitrogen functional groups attached to an aromatic ring is 1. The zero-order valence-corrected chi connectivity index (χ0v) is 32.6.